The van der Waals surface area contributed by atoms with Crippen molar-refractivity contribution < 1.29 is 19.0 Å². The van der Waals surface area contributed by atoms with Crippen LogP contribution in [0, 0.1) is 5.92 Å². The van der Waals surface area contributed by atoms with Crippen molar-refractivity contribution in [3.63, 3.8) is 0 Å². The van der Waals surface area contributed by atoms with E-state index in [1.54, 1.807) is 14.2 Å². The Balaban J connectivity index is 1.77. The highest BCUT2D eigenvalue weighted by Gasteiger charge is 2.39. The van der Waals surface area contributed by atoms with Crippen molar-refractivity contribution in [1.29, 1.82) is 0 Å². The Hall–Kier alpha value is -2.02. The largest absolute Gasteiger partial charge is 0.481 e. The number of anilines is 1. The van der Waals surface area contributed by atoms with E-state index in [1.807, 2.05) is 31.9 Å². The number of likely N-dealkylation sites (tertiary alicyclic amines) is 1. The molecule has 0 saturated carbocycles. The zero-order chi connectivity index (χ0) is 21.0. The average Bonchev–Trinajstić information content (AvgIpc) is 3.06. The second-order valence-electron chi connectivity index (χ2n) is 8.96. The number of rotatable bonds is 6. The van der Waals surface area contributed by atoms with Crippen molar-refractivity contribution >= 4 is 11.8 Å². The van der Waals surface area contributed by atoms with Gasteiger partial charge in [0.25, 0.3) is 0 Å². The lowest BCUT2D eigenvalue weighted by molar-refractivity contribution is 0.0152. The molecule has 0 N–H and O–H groups in total. The maximum absolute atomic E-state index is 12.6. The second kappa shape index (κ2) is 9.20. The van der Waals surface area contributed by atoms with Crippen LogP contribution in [0.15, 0.2) is 12.3 Å². The van der Waals surface area contributed by atoms with E-state index < -0.39 is 5.60 Å². The van der Waals surface area contributed by atoms with E-state index in [4.69, 9.17) is 14.2 Å². The third-order valence-electron chi connectivity index (χ3n) is 5.71. The van der Waals surface area contributed by atoms with E-state index in [2.05, 4.69) is 16.0 Å². The minimum absolute atomic E-state index is 0.206. The van der Waals surface area contributed by atoms with Gasteiger partial charge in [0.15, 0.2) is 0 Å². The van der Waals surface area contributed by atoms with Crippen LogP contribution in [-0.2, 0) is 15.9 Å². The van der Waals surface area contributed by atoms with E-state index in [9.17, 15) is 4.79 Å². The van der Waals surface area contributed by atoms with Gasteiger partial charge in [-0.05, 0) is 52.0 Å². The number of hydrogen-bond acceptors (Lipinski definition) is 6. The molecule has 1 unspecified atom stereocenters. The molecule has 7 nitrogen and oxygen atoms in total. The van der Waals surface area contributed by atoms with Crippen molar-refractivity contribution in [2.24, 2.45) is 5.92 Å². The molecule has 0 aromatic carbocycles. The van der Waals surface area contributed by atoms with Gasteiger partial charge in [0.05, 0.1) is 7.11 Å². The van der Waals surface area contributed by atoms with Crippen LogP contribution >= 0.6 is 0 Å². The van der Waals surface area contributed by atoms with Gasteiger partial charge in [-0.2, -0.15) is 0 Å². The fraction of sp³-hybridized carbons (Fsp3) is 0.727. The average molecular weight is 406 g/mol. The molecule has 29 heavy (non-hydrogen) atoms. The molecular formula is C22H35N3O4. The molecule has 1 aromatic heterocycles. The first kappa shape index (κ1) is 21.7. The lowest BCUT2D eigenvalue weighted by atomic mass is 9.88. The third kappa shape index (κ3) is 5.13. The number of methoxy groups -OCH3 is 2. The van der Waals surface area contributed by atoms with Crippen LogP contribution in [0.5, 0.6) is 5.88 Å². The summed E-state index contributed by atoms with van der Waals surface area (Å²) < 4.78 is 16.4. The molecule has 162 valence electrons. The van der Waals surface area contributed by atoms with E-state index in [0.29, 0.717) is 17.8 Å². The van der Waals surface area contributed by atoms with Gasteiger partial charge < -0.3 is 24.0 Å². The van der Waals surface area contributed by atoms with Gasteiger partial charge in [-0.3, -0.25) is 0 Å². The summed E-state index contributed by atoms with van der Waals surface area (Å²) >= 11 is 0. The van der Waals surface area contributed by atoms with Gasteiger partial charge >= 0.3 is 6.09 Å². The van der Waals surface area contributed by atoms with Crippen LogP contribution in [0.4, 0.5) is 10.5 Å². The standard InChI is InChI=1S/C22H35N3O4/c1-22(2,3)29-21(26)24-11-6-8-16(15-24)19-14-17-18(9-10-23-20(17)28-5)25(19)12-7-13-27-4/h9-10,16,19H,6-8,11-15H2,1-5H3/t16-,19?/m1/s1. The summed E-state index contributed by atoms with van der Waals surface area (Å²) in [5, 5.41) is 0. The molecule has 0 spiro atoms. The van der Waals surface area contributed by atoms with Crippen LogP contribution in [0.2, 0.25) is 0 Å². The Morgan fingerprint density at radius 1 is 1.31 bits per heavy atom. The van der Waals surface area contributed by atoms with Crippen LogP contribution in [0.25, 0.3) is 0 Å². The molecule has 0 radical (unpaired) electrons. The third-order valence-corrected chi connectivity index (χ3v) is 5.71. The number of fused-ring (bicyclic) bond motifs is 1. The molecule has 2 aliphatic rings. The Labute approximate surface area is 174 Å². The number of nitrogens with zero attached hydrogens (tertiary/aromatic N) is 3. The summed E-state index contributed by atoms with van der Waals surface area (Å²) in [4.78, 5) is 21.4. The molecular weight excluding hydrogens is 370 g/mol. The summed E-state index contributed by atoms with van der Waals surface area (Å²) in [6, 6.07) is 2.41. The molecule has 1 amide bonds. The zero-order valence-electron chi connectivity index (χ0n) is 18.4. The van der Waals surface area contributed by atoms with Gasteiger partial charge in [-0.15, -0.1) is 0 Å². The predicted molar refractivity (Wildman–Crippen MR) is 113 cm³/mol. The number of ether oxygens (including phenoxy) is 3. The molecule has 3 rings (SSSR count). The lowest BCUT2D eigenvalue weighted by Crippen LogP contribution is -2.49. The summed E-state index contributed by atoms with van der Waals surface area (Å²) in [5.74, 6) is 1.09. The number of aromatic nitrogens is 1. The monoisotopic (exact) mass is 405 g/mol. The lowest BCUT2D eigenvalue weighted by Gasteiger charge is -2.40. The number of carbonyl (C=O) groups is 1. The van der Waals surface area contributed by atoms with Crippen molar-refractivity contribution in [2.75, 3.05) is 45.4 Å². The number of amides is 1. The molecule has 7 heteroatoms. The fourth-order valence-corrected chi connectivity index (χ4v) is 4.50. The Bertz CT molecular complexity index is 704. The molecule has 1 aromatic rings. The van der Waals surface area contributed by atoms with Crippen molar-refractivity contribution in [2.45, 2.75) is 58.1 Å². The zero-order valence-corrected chi connectivity index (χ0v) is 18.4. The number of carbonyl (C=O) groups excluding carboxylic acids is 1. The summed E-state index contributed by atoms with van der Waals surface area (Å²) in [7, 11) is 3.41. The van der Waals surface area contributed by atoms with Gasteiger partial charge in [-0.1, -0.05) is 0 Å². The number of pyridine rings is 1. The minimum Gasteiger partial charge on any atom is -0.481 e. The first-order valence-electron chi connectivity index (χ1n) is 10.6. The maximum Gasteiger partial charge on any atom is 0.410 e. The van der Waals surface area contributed by atoms with E-state index in [0.717, 1.165) is 51.9 Å². The molecule has 0 aliphatic carbocycles. The Morgan fingerprint density at radius 2 is 2.10 bits per heavy atom. The normalized spacial score (nSPS) is 21.8. The number of hydrogen-bond donors (Lipinski definition) is 0. The van der Waals surface area contributed by atoms with Crippen LogP contribution in [0.1, 0.15) is 45.6 Å². The van der Waals surface area contributed by atoms with Crippen LogP contribution in [0.3, 0.4) is 0 Å². The van der Waals surface area contributed by atoms with Gasteiger partial charge in [0, 0.05) is 63.3 Å². The highest BCUT2D eigenvalue weighted by Crippen LogP contribution is 2.41. The Kier molecular flexibility index (Phi) is 6.88. The van der Waals surface area contributed by atoms with Gasteiger partial charge in [0.1, 0.15) is 5.60 Å². The van der Waals surface area contributed by atoms with Gasteiger partial charge in [0.2, 0.25) is 5.88 Å². The molecule has 1 fully saturated rings. The molecule has 1 saturated heterocycles. The van der Waals surface area contributed by atoms with E-state index in [-0.39, 0.29) is 6.09 Å². The first-order chi connectivity index (χ1) is 13.8. The molecule has 2 aliphatic heterocycles. The van der Waals surface area contributed by atoms with Crippen LogP contribution < -0.4 is 9.64 Å². The smallest absolute Gasteiger partial charge is 0.410 e. The maximum atomic E-state index is 12.6. The highest BCUT2D eigenvalue weighted by molar-refractivity contribution is 5.68. The molecule has 2 atom stereocenters. The number of piperidine rings is 1. The fourth-order valence-electron chi connectivity index (χ4n) is 4.50. The topological polar surface area (TPSA) is 64.1 Å². The van der Waals surface area contributed by atoms with Crippen molar-refractivity contribution in [3.05, 3.63) is 17.8 Å². The summed E-state index contributed by atoms with van der Waals surface area (Å²) in [6.07, 6.45) is 5.57. The van der Waals surface area contributed by atoms with Crippen LogP contribution in [-0.4, -0.2) is 68.1 Å². The van der Waals surface area contributed by atoms with E-state index >= 15 is 0 Å². The molecule has 0 bridgehead atoms. The van der Waals surface area contributed by atoms with Crippen molar-refractivity contribution in [3.8, 4) is 5.88 Å². The predicted octanol–water partition coefficient (Wildman–Crippen LogP) is 3.50. The minimum atomic E-state index is -0.473. The first-order valence-corrected chi connectivity index (χ1v) is 10.6. The van der Waals surface area contributed by atoms with E-state index in [1.165, 1.54) is 11.3 Å². The molecule has 3 heterocycles. The Morgan fingerprint density at radius 3 is 2.79 bits per heavy atom. The summed E-state index contributed by atoms with van der Waals surface area (Å²) in [6.45, 7) is 8.88. The second-order valence-corrected chi connectivity index (χ2v) is 8.96. The highest BCUT2D eigenvalue weighted by atomic mass is 16.6. The SMILES string of the molecule is COCCCN1c2ccnc(OC)c2CC1[C@@H]1CCCN(C(=O)OC(C)(C)C)C1. The summed E-state index contributed by atoms with van der Waals surface area (Å²) in [5.41, 5.74) is 1.90. The van der Waals surface area contributed by atoms with Gasteiger partial charge in [-0.25, -0.2) is 9.78 Å². The van der Waals surface area contributed by atoms with Crippen molar-refractivity contribution in [1.82, 2.24) is 9.88 Å². The quantitative estimate of drug-likeness (QED) is 0.675.